The Morgan fingerprint density at radius 2 is 2.11 bits per heavy atom. The highest BCUT2D eigenvalue weighted by atomic mass is 16.5. The molecule has 2 aromatic heterocycles. The fourth-order valence-electron chi connectivity index (χ4n) is 3.86. The van der Waals surface area contributed by atoms with Crippen molar-refractivity contribution in [2.45, 2.75) is 38.5 Å². The van der Waals surface area contributed by atoms with Gasteiger partial charge in [-0.15, -0.1) is 0 Å². The van der Waals surface area contributed by atoms with Crippen LogP contribution in [0.1, 0.15) is 47.6 Å². The van der Waals surface area contributed by atoms with Gasteiger partial charge in [0.1, 0.15) is 0 Å². The molecule has 7 heteroatoms. The highest BCUT2D eigenvalue weighted by molar-refractivity contribution is 5.93. The number of fused-ring (bicyclic) bond motifs is 1. The summed E-state index contributed by atoms with van der Waals surface area (Å²) in [7, 11) is 2.00. The molecule has 3 aromatic rings. The Bertz CT molecular complexity index is 969. The summed E-state index contributed by atoms with van der Waals surface area (Å²) in [5, 5.41) is 17.7. The lowest BCUT2D eigenvalue weighted by Crippen LogP contribution is -2.35. The van der Waals surface area contributed by atoms with Gasteiger partial charge in [0.15, 0.2) is 11.5 Å². The number of likely N-dealkylation sites (tertiary alicyclic amines) is 1. The number of rotatable bonds is 5. The molecule has 0 spiro atoms. The summed E-state index contributed by atoms with van der Waals surface area (Å²) in [4.78, 5) is 14.8. The van der Waals surface area contributed by atoms with E-state index in [1.807, 2.05) is 26.1 Å². The number of nitrogens with zero attached hydrogens (tertiary/aromatic N) is 3. The first-order chi connectivity index (χ1) is 13.5. The minimum absolute atomic E-state index is 0.151. The highest BCUT2D eigenvalue weighted by Crippen LogP contribution is 2.26. The Morgan fingerprint density at radius 1 is 1.36 bits per heavy atom. The number of hydrogen-bond donors (Lipinski definition) is 2. The second-order valence-electron chi connectivity index (χ2n) is 7.59. The molecule has 1 aromatic carbocycles. The second-order valence-corrected chi connectivity index (χ2v) is 7.59. The highest BCUT2D eigenvalue weighted by Gasteiger charge is 2.21. The van der Waals surface area contributed by atoms with Crippen molar-refractivity contribution in [3.05, 3.63) is 53.5 Å². The van der Waals surface area contributed by atoms with Crippen LogP contribution < -0.4 is 5.32 Å². The quantitative estimate of drug-likeness (QED) is 0.709. The molecule has 1 atom stereocenters. The third-order valence-corrected chi connectivity index (χ3v) is 5.47. The normalized spacial score (nSPS) is 17.1. The van der Waals surface area contributed by atoms with Crippen LogP contribution in [-0.2, 0) is 13.6 Å². The van der Waals surface area contributed by atoms with Crippen molar-refractivity contribution in [1.29, 1.82) is 0 Å². The van der Waals surface area contributed by atoms with Crippen LogP contribution in [0.2, 0.25) is 0 Å². The van der Waals surface area contributed by atoms with Crippen molar-refractivity contribution in [3.63, 3.8) is 0 Å². The maximum Gasteiger partial charge on any atom is 0.273 e. The van der Waals surface area contributed by atoms with E-state index < -0.39 is 0 Å². The summed E-state index contributed by atoms with van der Waals surface area (Å²) in [6.45, 7) is 4.22. The van der Waals surface area contributed by atoms with Gasteiger partial charge in [-0.2, -0.15) is 0 Å². The first-order valence-electron chi connectivity index (χ1n) is 9.72. The van der Waals surface area contributed by atoms with E-state index in [1.54, 1.807) is 6.07 Å². The topological polar surface area (TPSA) is 83.5 Å². The number of hydrogen-bond acceptors (Lipinski definition) is 5. The Morgan fingerprint density at radius 3 is 2.89 bits per heavy atom. The zero-order chi connectivity index (χ0) is 19.7. The third kappa shape index (κ3) is 3.81. The zero-order valence-electron chi connectivity index (χ0n) is 16.3. The van der Waals surface area contributed by atoms with Gasteiger partial charge in [-0.3, -0.25) is 9.69 Å². The number of aromatic nitrogens is 2. The van der Waals surface area contributed by atoms with Crippen LogP contribution in [-0.4, -0.2) is 44.8 Å². The van der Waals surface area contributed by atoms with Gasteiger partial charge in [-0.25, -0.2) is 0 Å². The van der Waals surface area contributed by atoms with Gasteiger partial charge in [-0.1, -0.05) is 23.4 Å². The average molecular weight is 382 g/mol. The number of aliphatic hydroxyl groups is 1. The number of aryl methyl sites for hydroxylation is 1. The predicted octanol–water partition coefficient (Wildman–Crippen LogP) is 2.61. The minimum atomic E-state index is -0.246. The lowest BCUT2D eigenvalue weighted by molar-refractivity contribution is 0.0748. The number of benzene rings is 1. The van der Waals surface area contributed by atoms with E-state index in [1.165, 1.54) is 0 Å². The van der Waals surface area contributed by atoms with Crippen LogP contribution in [0.5, 0.6) is 0 Å². The van der Waals surface area contributed by atoms with Crippen molar-refractivity contribution in [2.75, 3.05) is 13.1 Å². The summed E-state index contributed by atoms with van der Waals surface area (Å²) >= 11 is 0. The molecule has 1 aliphatic rings. The van der Waals surface area contributed by atoms with Crippen LogP contribution in [0.25, 0.3) is 10.9 Å². The molecule has 28 heavy (non-hydrogen) atoms. The monoisotopic (exact) mass is 382 g/mol. The van der Waals surface area contributed by atoms with Crippen LogP contribution in [0.4, 0.5) is 0 Å². The standard InChI is InChI=1S/C21H26N4O3/c1-14(18-13-24(2)20-6-4-3-5-17(18)20)22-21(27)19-11-16(28-23-19)12-25-9-7-15(26)8-10-25/h3-6,11,13-15,26H,7-10,12H2,1-2H3,(H,22,27). The largest absolute Gasteiger partial charge is 0.393 e. The van der Waals surface area contributed by atoms with Gasteiger partial charge in [0.25, 0.3) is 5.91 Å². The molecule has 148 valence electrons. The van der Waals surface area contributed by atoms with Gasteiger partial charge in [0, 0.05) is 43.3 Å². The summed E-state index contributed by atoms with van der Waals surface area (Å²) < 4.78 is 7.42. The van der Waals surface area contributed by atoms with E-state index in [0.717, 1.165) is 42.4 Å². The molecule has 1 saturated heterocycles. The van der Waals surface area contributed by atoms with E-state index >= 15 is 0 Å². The van der Waals surface area contributed by atoms with Gasteiger partial charge < -0.3 is 19.5 Å². The molecule has 4 rings (SSSR count). The first kappa shape index (κ1) is 18.7. The van der Waals surface area contributed by atoms with Gasteiger partial charge in [0.2, 0.25) is 0 Å². The zero-order valence-corrected chi connectivity index (χ0v) is 16.3. The SMILES string of the molecule is CC(NC(=O)c1cc(CN2CCC(O)CC2)on1)c1cn(C)c2ccccc12. The molecule has 1 fully saturated rings. The average Bonchev–Trinajstić information content (AvgIpc) is 3.29. The van der Waals surface area contributed by atoms with Crippen LogP contribution in [0.3, 0.4) is 0 Å². The maximum atomic E-state index is 12.6. The number of carbonyl (C=O) groups excluding carboxylic acids is 1. The Balaban J connectivity index is 1.41. The molecular formula is C21H26N4O3. The molecule has 1 unspecified atom stereocenters. The summed E-state index contributed by atoms with van der Waals surface area (Å²) in [6, 6.07) is 9.70. The molecule has 7 nitrogen and oxygen atoms in total. The van der Waals surface area contributed by atoms with Gasteiger partial charge in [-0.05, 0) is 31.4 Å². The van der Waals surface area contributed by atoms with Crippen LogP contribution >= 0.6 is 0 Å². The second kappa shape index (κ2) is 7.77. The number of nitrogens with one attached hydrogen (secondary N) is 1. The fourth-order valence-corrected chi connectivity index (χ4v) is 3.86. The molecule has 0 aliphatic carbocycles. The van der Waals surface area contributed by atoms with Crippen molar-refractivity contribution in [2.24, 2.45) is 7.05 Å². The molecule has 1 aliphatic heterocycles. The molecule has 0 bridgehead atoms. The lowest BCUT2D eigenvalue weighted by Gasteiger charge is -2.28. The Labute approximate surface area is 163 Å². The van der Waals surface area contributed by atoms with Crippen LogP contribution in [0.15, 0.2) is 41.1 Å². The molecule has 3 heterocycles. The number of amides is 1. The Hall–Kier alpha value is -2.64. The van der Waals surface area contributed by atoms with E-state index in [2.05, 4.69) is 38.3 Å². The van der Waals surface area contributed by atoms with E-state index in [0.29, 0.717) is 18.0 Å². The van der Waals surface area contributed by atoms with Crippen molar-refractivity contribution in [1.82, 2.24) is 19.9 Å². The number of carbonyl (C=O) groups is 1. The molecule has 0 radical (unpaired) electrons. The number of aliphatic hydroxyl groups excluding tert-OH is 1. The van der Waals surface area contributed by atoms with Gasteiger partial charge in [0.05, 0.1) is 18.7 Å². The summed E-state index contributed by atoms with van der Waals surface area (Å²) in [5.74, 6) is 0.420. The van der Waals surface area contributed by atoms with Crippen molar-refractivity contribution >= 4 is 16.8 Å². The van der Waals surface area contributed by atoms with Crippen LogP contribution in [0, 0.1) is 0 Å². The van der Waals surface area contributed by atoms with Crippen molar-refractivity contribution in [3.8, 4) is 0 Å². The molecule has 2 N–H and O–H groups in total. The summed E-state index contributed by atoms with van der Waals surface area (Å²) in [5.41, 5.74) is 2.50. The lowest BCUT2D eigenvalue weighted by atomic mass is 10.1. The summed E-state index contributed by atoms with van der Waals surface area (Å²) in [6.07, 6.45) is 3.38. The third-order valence-electron chi connectivity index (χ3n) is 5.47. The first-order valence-corrected chi connectivity index (χ1v) is 9.72. The predicted molar refractivity (Wildman–Crippen MR) is 106 cm³/mol. The van der Waals surface area contributed by atoms with E-state index in [9.17, 15) is 9.90 Å². The minimum Gasteiger partial charge on any atom is -0.393 e. The molecular weight excluding hydrogens is 356 g/mol. The fraction of sp³-hybridized carbons (Fsp3) is 0.429. The smallest absolute Gasteiger partial charge is 0.273 e. The van der Waals surface area contributed by atoms with E-state index in [-0.39, 0.29) is 18.1 Å². The number of piperidine rings is 1. The van der Waals surface area contributed by atoms with Gasteiger partial charge >= 0.3 is 0 Å². The molecule has 1 amide bonds. The van der Waals surface area contributed by atoms with E-state index in [4.69, 9.17) is 4.52 Å². The number of para-hydroxylation sites is 1. The molecule has 0 saturated carbocycles. The maximum absolute atomic E-state index is 12.6. The van der Waals surface area contributed by atoms with Crippen molar-refractivity contribution < 1.29 is 14.4 Å². The Kier molecular flexibility index (Phi) is 5.19.